The lowest BCUT2D eigenvalue weighted by Crippen LogP contribution is -2.16. The van der Waals surface area contributed by atoms with Crippen LogP contribution in [0.5, 0.6) is 5.75 Å². The first-order valence-electron chi connectivity index (χ1n) is 8.58. The van der Waals surface area contributed by atoms with E-state index in [4.69, 9.17) is 4.74 Å². The van der Waals surface area contributed by atoms with Gasteiger partial charge in [-0.1, -0.05) is 49.7 Å². The lowest BCUT2D eigenvalue weighted by Gasteiger charge is -2.08. The molecule has 23 heavy (non-hydrogen) atoms. The third-order valence-corrected chi connectivity index (χ3v) is 3.73. The summed E-state index contributed by atoms with van der Waals surface area (Å²) in [6, 6.07) is 16.7. The van der Waals surface area contributed by atoms with Crippen LogP contribution in [0.2, 0.25) is 0 Å². The van der Waals surface area contributed by atoms with Crippen molar-refractivity contribution in [2.24, 2.45) is 0 Å². The van der Waals surface area contributed by atoms with Crippen molar-refractivity contribution in [1.29, 1.82) is 0 Å². The van der Waals surface area contributed by atoms with Gasteiger partial charge in [0, 0.05) is 30.9 Å². The van der Waals surface area contributed by atoms with Gasteiger partial charge in [0.15, 0.2) is 0 Å². The molecule has 0 aromatic heterocycles. The Morgan fingerprint density at radius 1 is 1.04 bits per heavy atom. The van der Waals surface area contributed by atoms with Crippen molar-refractivity contribution in [2.45, 2.75) is 33.2 Å². The van der Waals surface area contributed by atoms with Crippen LogP contribution < -0.4 is 15.4 Å². The normalized spacial score (nSPS) is 13.0. The molecule has 0 spiro atoms. The topological polar surface area (TPSA) is 33.3 Å². The van der Waals surface area contributed by atoms with Gasteiger partial charge in [-0.05, 0) is 31.0 Å². The zero-order chi connectivity index (χ0) is 16.3. The molecule has 0 saturated heterocycles. The van der Waals surface area contributed by atoms with Crippen molar-refractivity contribution in [2.75, 3.05) is 25.0 Å². The maximum Gasteiger partial charge on any atom is 0.123 e. The Morgan fingerprint density at radius 2 is 1.83 bits per heavy atom. The van der Waals surface area contributed by atoms with E-state index >= 15 is 0 Å². The molecule has 0 aliphatic carbocycles. The minimum absolute atomic E-state index is 0.775. The summed E-state index contributed by atoms with van der Waals surface area (Å²) in [4.78, 5) is 0. The molecule has 0 saturated carbocycles. The minimum atomic E-state index is 0.775. The highest BCUT2D eigenvalue weighted by molar-refractivity contribution is 5.50. The Bertz CT molecular complexity index is 533. The maximum atomic E-state index is 5.49. The van der Waals surface area contributed by atoms with E-state index in [9.17, 15) is 0 Å². The van der Waals surface area contributed by atoms with Gasteiger partial charge in [0.1, 0.15) is 12.4 Å². The molecule has 0 amide bonds. The number of anilines is 1. The SMILES string of the molecule is CCCc1ccccc1NCC.c1ccc2c(c1)CNCCO2. The summed E-state index contributed by atoms with van der Waals surface area (Å²) in [6.07, 6.45) is 2.38. The number of ether oxygens (including phenoxy) is 1. The maximum absolute atomic E-state index is 5.49. The van der Waals surface area contributed by atoms with E-state index < -0.39 is 0 Å². The van der Waals surface area contributed by atoms with Crippen LogP contribution >= 0.6 is 0 Å². The van der Waals surface area contributed by atoms with E-state index in [2.05, 4.69) is 54.8 Å². The number of para-hydroxylation sites is 2. The molecule has 0 unspecified atom stereocenters. The summed E-state index contributed by atoms with van der Waals surface area (Å²) in [5.41, 5.74) is 3.98. The Hall–Kier alpha value is -2.00. The molecule has 1 aliphatic rings. The van der Waals surface area contributed by atoms with Gasteiger partial charge in [-0.15, -0.1) is 0 Å². The van der Waals surface area contributed by atoms with Gasteiger partial charge in [-0.3, -0.25) is 0 Å². The third kappa shape index (κ3) is 5.61. The molecule has 1 aliphatic heterocycles. The highest BCUT2D eigenvalue weighted by Gasteiger charge is 2.05. The minimum Gasteiger partial charge on any atom is -0.492 e. The standard InChI is InChI=1S/C11H17N.C9H11NO/c1-3-7-10-8-5-6-9-11(10)12-4-2;1-2-4-9-8(3-1)7-10-5-6-11-9/h5-6,8-9,12H,3-4,7H2,1-2H3;1-4,10H,5-7H2. The number of benzene rings is 2. The molecule has 0 fully saturated rings. The Kier molecular flexibility index (Phi) is 7.47. The summed E-state index contributed by atoms with van der Waals surface area (Å²) in [6.45, 7) is 7.98. The molecule has 0 bridgehead atoms. The number of hydrogen-bond donors (Lipinski definition) is 2. The summed E-state index contributed by atoms with van der Waals surface area (Å²) in [5, 5.41) is 6.64. The fourth-order valence-electron chi connectivity index (χ4n) is 2.62. The highest BCUT2D eigenvalue weighted by Crippen LogP contribution is 2.18. The van der Waals surface area contributed by atoms with Crippen LogP contribution in [-0.2, 0) is 13.0 Å². The van der Waals surface area contributed by atoms with Crippen LogP contribution in [0.15, 0.2) is 48.5 Å². The summed E-state index contributed by atoms with van der Waals surface area (Å²) in [5.74, 6) is 1.03. The second-order valence-electron chi connectivity index (χ2n) is 5.57. The number of hydrogen-bond acceptors (Lipinski definition) is 3. The van der Waals surface area contributed by atoms with Crippen molar-refractivity contribution in [3.8, 4) is 5.75 Å². The third-order valence-electron chi connectivity index (χ3n) is 3.73. The zero-order valence-corrected chi connectivity index (χ0v) is 14.3. The first-order chi connectivity index (χ1) is 11.3. The van der Waals surface area contributed by atoms with E-state index in [0.29, 0.717) is 0 Å². The summed E-state index contributed by atoms with van der Waals surface area (Å²) >= 11 is 0. The van der Waals surface area contributed by atoms with Crippen LogP contribution in [0.1, 0.15) is 31.4 Å². The van der Waals surface area contributed by atoms with Crippen molar-refractivity contribution < 1.29 is 4.74 Å². The number of fused-ring (bicyclic) bond motifs is 1. The highest BCUT2D eigenvalue weighted by atomic mass is 16.5. The molecule has 124 valence electrons. The predicted molar refractivity (Wildman–Crippen MR) is 98.2 cm³/mol. The molecule has 0 atom stereocenters. The second kappa shape index (κ2) is 9.90. The Balaban J connectivity index is 0.000000167. The molecule has 3 rings (SSSR count). The van der Waals surface area contributed by atoms with Crippen LogP contribution in [-0.4, -0.2) is 19.7 Å². The van der Waals surface area contributed by atoms with Crippen LogP contribution in [0.4, 0.5) is 5.69 Å². The zero-order valence-electron chi connectivity index (χ0n) is 14.3. The molecular formula is C20H28N2O. The summed E-state index contributed by atoms with van der Waals surface area (Å²) in [7, 11) is 0. The molecule has 2 N–H and O–H groups in total. The van der Waals surface area contributed by atoms with Crippen LogP contribution in [0.3, 0.4) is 0 Å². The van der Waals surface area contributed by atoms with E-state index in [1.54, 1.807) is 0 Å². The molecule has 2 aromatic carbocycles. The quantitative estimate of drug-likeness (QED) is 0.886. The smallest absolute Gasteiger partial charge is 0.123 e. The second-order valence-corrected chi connectivity index (χ2v) is 5.57. The Morgan fingerprint density at radius 3 is 2.65 bits per heavy atom. The lowest BCUT2D eigenvalue weighted by atomic mass is 10.1. The molecule has 1 heterocycles. The van der Waals surface area contributed by atoms with Gasteiger partial charge in [0.05, 0.1) is 0 Å². The molecule has 3 heteroatoms. The lowest BCUT2D eigenvalue weighted by molar-refractivity contribution is 0.326. The molecular weight excluding hydrogens is 284 g/mol. The van der Waals surface area contributed by atoms with Crippen molar-refractivity contribution in [1.82, 2.24) is 5.32 Å². The monoisotopic (exact) mass is 312 g/mol. The van der Waals surface area contributed by atoms with E-state index in [1.807, 2.05) is 18.2 Å². The predicted octanol–water partition coefficient (Wildman–Crippen LogP) is 4.24. The molecule has 0 radical (unpaired) electrons. The number of aryl methyl sites for hydroxylation is 1. The van der Waals surface area contributed by atoms with Gasteiger partial charge in [0.2, 0.25) is 0 Å². The van der Waals surface area contributed by atoms with Gasteiger partial charge in [-0.2, -0.15) is 0 Å². The van der Waals surface area contributed by atoms with E-state index in [1.165, 1.54) is 29.7 Å². The van der Waals surface area contributed by atoms with E-state index in [0.717, 1.165) is 32.0 Å². The van der Waals surface area contributed by atoms with Gasteiger partial charge >= 0.3 is 0 Å². The van der Waals surface area contributed by atoms with Gasteiger partial charge < -0.3 is 15.4 Å². The largest absolute Gasteiger partial charge is 0.492 e. The number of nitrogens with one attached hydrogen (secondary N) is 2. The van der Waals surface area contributed by atoms with Crippen molar-refractivity contribution in [3.05, 3.63) is 59.7 Å². The van der Waals surface area contributed by atoms with Crippen LogP contribution in [0.25, 0.3) is 0 Å². The van der Waals surface area contributed by atoms with Crippen molar-refractivity contribution >= 4 is 5.69 Å². The van der Waals surface area contributed by atoms with Crippen LogP contribution in [0, 0.1) is 0 Å². The summed E-state index contributed by atoms with van der Waals surface area (Å²) < 4.78 is 5.49. The Labute approximate surface area is 140 Å². The first-order valence-corrected chi connectivity index (χ1v) is 8.58. The average molecular weight is 312 g/mol. The first kappa shape index (κ1) is 17.4. The van der Waals surface area contributed by atoms with Gasteiger partial charge in [-0.25, -0.2) is 0 Å². The van der Waals surface area contributed by atoms with E-state index in [-0.39, 0.29) is 0 Å². The fourth-order valence-corrected chi connectivity index (χ4v) is 2.62. The van der Waals surface area contributed by atoms with Crippen molar-refractivity contribution in [3.63, 3.8) is 0 Å². The van der Waals surface area contributed by atoms with Gasteiger partial charge in [0.25, 0.3) is 0 Å². The molecule has 2 aromatic rings. The number of rotatable bonds is 4. The average Bonchev–Trinajstić information content (AvgIpc) is 2.83. The fraction of sp³-hybridized carbons (Fsp3) is 0.400. The molecule has 3 nitrogen and oxygen atoms in total.